The number of benzene rings is 1. The molecule has 1 atom stereocenters. The number of carbonyl (C=O) groups excluding carboxylic acids is 1. The summed E-state index contributed by atoms with van der Waals surface area (Å²) in [4.78, 5) is 12.4. The molecule has 108 valence electrons. The molecular formula is C16H21NO3. The van der Waals surface area contributed by atoms with Gasteiger partial charge in [-0.1, -0.05) is 26.8 Å². The number of nitrogens with zero attached hydrogens (tertiary/aromatic N) is 1. The lowest BCUT2D eigenvalue weighted by Crippen LogP contribution is -2.39. The van der Waals surface area contributed by atoms with Crippen LogP contribution in [0.5, 0.6) is 11.5 Å². The van der Waals surface area contributed by atoms with Crippen molar-refractivity contribution in [3.8, 4) is 17.6 Å². The zero-order chi connectivity index (χ0) is 15.3. The van der Waals surface area contributed by atoms with Crippen LogP contribution in [-0.4, -0.2) is 20.0 Å². The molecular weight excluding hydrogens is 254 g/mol. The molecule has 1 aromatic rings. The molecule has 0 aliphatic carbocycles. The van der Waals surface area contributed by atoms with Gasteiger partial charge < -0.3 is 9.47 Å². The van der Waals surface area contributed by atoms with Crippen LogP contribution in [0, 0.1) is 17.2 Å². The Morgan fingerprint density at radius 2 is 1.90 bits per heavy atom. The van der Waals surface area contributed by atoms with Gasteiger partial charge in [-0.3, -0.25) is 4.79 Å². The van der Waals surface area contributed by atoms with Gasteiger partial charge in [-0.05, 0) is 23.6 Å². The molecule has 4 nitrogen and oxygen atoms in total. The van der Waals surface area contributed by atoms with Gasteiger partial charge in [0.25, 0.3) is 0 Å². The average molecular weight is 275 g/mol. The van der Waals surface area contributed by atoms with E-state index in [-0.39, 0.29) is 11.7 Å². The molecule has 0 saturated heterocycles. The lowest BCUT2D eigenvalue weighted by molar-refractivity contribution is -0.123. The molecule has 0 saturated carbocycles. The lowest BCUT2D eigenvalue weighted by Gasteiger charge is -2.30. The predicted molar refractivity (Wildman–Crippen MR) is 77.0 cm³/mol. The second-order valence-electron chi connectivity index (χ2n) is 4.92. The maximum absolute atomic E-state index is 12.4. The van der Waals surface area contributed by atoms with Crippen molar-refractivity contribution in [1.29, 1.82) is 5.26 Å². The minimum atomic E-state index is -1.14. The molecule has 1 aromatic carbocycles. The van der Waals surface area contributed by atoms with E-state index in [0.29, 0.717) is 23.5 Å². The maximum Gasteiger partial charge on any atom is 0.161 e. The smallest absolute Gasteiger partial charge is 0.161 e. The Balaban J connectivity index is 3.51. The van der Waals surface area contributed by atoms with Gasteiger partial charge in [-0.2, -0.15) is 5.26 Å². The van der Waals surface area contributed by atoms with E-state index >= 15 is 0 Å². The lowest BCUT2D eigenvalue weighted by atomic mass is 9.69. The Labute approximate surface area is 120 Å². The molecule has 0 aliphatic rings. The Morgan fingerprint density at radius 1 is 1.30 bits per heavy atom. The molecule has 4 heteroatoms. The molecule has 0 fully saturated rings. The summed E-state index contributed by atoms with van der Waals surface area (Å²) in [6.45, 7) is 5.54. The predicted octanol–water partition coefficient (Wildman–Crippen LogP) is 3.10. The van der Waals surface area contributed by atoms with Crippen LogP contribution in [0.3, 0.4) is 0 Å². The summed E-state index contributed by atoms with van der Waals surface area (Å²) in [5.41, 5.74) is -0.492. The summed E-state index contributed by atoms with van der Waals surface area (Å²) in [6.07, 6.45) is 0.320. The summed E-state index contributed by atoms with van der Waals surface area (Å²) >= 11 is 0. The van der Waals surface area contributed by atoms with Gasteiger partial charge in [-0.25, -0.2) is 0 Å². The highest BCUT2D eigenvalue weighted by Crippen LogP contribution is 2.38. The standard InChI is InChI=1S/C16H21NO3/c1-6-15(18)16(10-17,11(2)3)12-7-8-13(19-4)14(9-12)20-5/h7-9,11H,6H2,1-5H3. The Morgan fingerprint density at radius 3 is 2.30 bits per heavy atom. The number of rotatable bonds is 6. The van der Waals surface area contributed by atoms with Crippen LogP contribution < -0.4 is 9.47 Å². The van der Waals surface area contributed by atoms with E-state index in [1.54, 1.807) is 32.2 Å². The molecule has 1 rings (SSSR count). The zero-order valence-corrected chi connectivity index (χ0v) is 12.7. The summed E-state index contributed by atoms with van der Waals surface area (Å²) in [5.74, 6) is 0.894. The fourth-order valence-corrected chi connectivity index (χ4v) is 2.43. The first-order valence-electron chi connectivity index (χ1n) is 6.64. The monoisotopic (exact) mass is 275 g/mol. The number of ether oxygens (including phenoxy) is 2. The van der Waals surface area contributed by atoms with Gasteiger partial charge in [-0.15, -0.1) is 0 Å². The third-order valence-corrected chi connectivity index (χ3v) is 3.64. The number of methoxy groups -OCH3 is 2. The fourth-order valence-electron chi connectivity index (χ4n) is 2.43. The summed E-state index contributed by atoms with van der Waals surface area (Å²) in [6, 6.07) is 7.43. The Bertz CT molecular complexity index is 531. The molecule has 0 spiro atoms. The van der Waals surface area contributed by atoms with E-state index in [1.807, 2.05) is 13.8 Å². The molecule has 0 N–H and O–H groups in total. The first-order chi connectivity index (χ1) is 9.47. The van der Waals surface area contributed by atoms with Gasteiger partial charge in [0, 0.05) is 6.42 Å². The largest absolute Gasteiger partial charge is 0.493 e. The third-order valence-electron chi connectivity index (χ3n) is 3.64. The van der Waals surface area contributed by atoms with Crippen LogP contribution in [-0.2, 0) is 10.2 Å². The van der Waals surface area contributed by atoms with Gasteiger partial charge in [0.1, 0.15) is 5.41 Å². The van der Waals surface area contributed by atoms with Crippen molar-refractivity contribution in [3.05, 3.63) is 23.8 Å². The fraction of sp³-hybridized carbons (Fsp3) is 0.500. The average Bonchev–Trinajstić information content (AvgIpc) is 2.47. The highest BCUT2D eigenvalue weighted by Gasteiger charge is 2.42. The zero-order valence-electron chi connectivity index (χ0n) is 12.7. The van der Waals surface area contributed by atoms with Crippen LogP contribution in [0.2, 0.25) is 0 Å². The normalized spacial score (nSPS) is 13.4. The van der Waals surface area contributed by atoms with E-state index in [9.17, 15) is 10.1 Å². The van der Waals surface area contributed by atoms with Crippen molar-refractivity contribution in [2.24, 2.45) is 5.92 Å². The summed E-state index contributed by atoms with van der Waals surface area (Å²) < 4.78 is 10.5. The third kappa shape index (κ3) is 2.49. The summed E-state index contributed by atoms with van der Waals surface area (Å²) in [7, 11) is 3.08. The topological polar surface area (TPSA) is 59.3 Å². The molecule has 0 aliphatic heterocycles. The van der Waals surface area contributed by atoms with Crippen molar-refractivity contribution in [2.45, 2.75) is 32.6 Å². The van der Waals surface area contributed by atoms with Crippen LogP contribution >= 0.6 is 0 Å². The molecule has 20 heavy (non-hydrogen) atoms. The Hall–Kier alpha value is -2.02. The first-order valence-corrected chi connectivity index (χ1v) is 6.64. The first kappa shape index (κ1) is 16.0. The van der Waals surface area contributed by atoms with E-state index in [1.165, 1.54) is 7.11 Å². The second kappa shape index (κ2) is 6.42. The van der Waals surface area contributed by atoms with Gasteiger partial charge >= 0.3 is 0 Å². The van der Waals surface area contributed by atoms with Gasteiger partial charge in [0.2, 0.25) is 0 Å². The number of hydrogen-bond acceptors (Lipinski definition) is 4. The van der Waals surface area contributed by atoms with E-state index in [4.69, 9.17) is 9.47 Å². The number of Topliss-reactive ketones (excluding diaryl/α,β-unsaturated/α-hetero) is 1. The second-order valence-corrected chi connectivity index (χ2v) is 4.92. The SMILES string of the molecule is CCC(=O)C(C#N)(c1ccc(OC)c(OC)c1)C(C)C. The van der Waals surface area contributed by atoms with Crippen LogP contribution in [0.25, 0.3) is 0 Å². The molecule has 0 bridgehead atoms. The van der Waals surface area contributed by atoms with E-state index < -0.39 is 5.41 Å². The number of ketones is 1. The maximum atomic E-state index is 12.4. The minimum Gasteiger partial charge on any atom is -0.493 e. The van der Waals surface area contributed by atoms with E-state index in [0.717, 1.165) is 0 Å². The van der Waals surface area contributed by atoms with Crippen molar-refractivity contribution < 1.29 is 14.3 Å². The van der Waals surface area contributed by atoms with Crippen molar-refractivity contribution in [1.82, 2.24) is 0 Å². The highest BCUT2D eigenvalue weighted by atomic mass is 16.5. The molecule has 1 unspecified atom stereocenters. The van der Waals surface area contributed by atoms with Crippen molar-refractivity contribution >= 4 is 5.78 Å². The molecule has 0 heterocycles. The van der Waals surface area contributed by atoms with Crippen molar-refractivity contribution in [2.75, 3.05) is 14.2 Å². The quantitative estimate of drug-likeness (QED) is 0.800. The number of hydrogen-bond donors (Lipinski definition) is 0. The van der Waals surface area contributed by atoms with Crippen LogP contribution in [0.4, 0.5) is 0 Å². The Kier molecular flexibility index (Phi) is 5.15. The van der Waals surface area contributed by atoms with Gasteiger partial charge in [0.05, 0.1) is 20.3 Å². The molecule has 0 radical (unpaired) electrons. The number of nitriles is 1. The van der Waals surface area contributed by atoms with Gasteiger partial charge in [0.15, 0.2) is 17.3 Å². The van der Waals surface area contributed by atoms with E-state index in [2.05, 4.69) is 6.07 Å². The highest BCUT2D eigenvalue weighted by molar-refractivity contribution is 5.93. The van der Waals surface area contributed by atoms with Crippen LogP contribution in [0.1, 0.15) is 32.8 Å². The summed E-state index contributed by atoms with van der Waals surface area (Å²) in [5, 5.41) is 9.65. The van der Waals surface area contributed by atoms with Crippen LogP contribution in [0.15, 0.2) is 18.2 Å². The minimum absolute atomic E-state index is 0.0813. The molecule has 0 amide bonds. The van der Waals surface area contributed by atoms with Crippen molar-refractivity contribution in [3.63, 3.8) is 0 Å². The molecule has 0 aromatic heterocycles. The number of carbonyl (C=O) groups is 1.